The van der Waals surface area contributed by atoms with Crippen molar-refractivity contribution in [2.45, 2.75) is 58.3 Å². The van der Waals surface area contributed by atoms with E-state index in [0.717, 1.165) is 5.56 Å². The van der Waals surface area contributed by atoms with E-state index in [1.807, 2.05) is 6.07 Å². The summed E-state index contributed by atoms with van der Waals surface area (Å²) >= 11 is 0. The van der Waals surface area contributed by atoms with Crippen LogP contribution in [0.15, 0.2) is 30.3 Å². The van der Waals surface area contributed by atoms with Gasteiger partial charge in [0.15, 0.2) is 0 Å². The summed E-state index contributed by atoms with van der Waals surface area (Å²) in [5.41, 5.74) is -0.0397. The monoisotopic (exact) mass is 422 g/mol. The Hall–Kier alpha value is -3.10. The largest absolute Gasteiger partial charge is 0.469 e. The van der Waals surface area contributed by atoms with Gasteiger partial charge in [-0.2, -0.15) is 0 Å². The number of carbonyl (C=O) groups excluding carboxylic acids is 4. The van der Waals surface area contributed by atoms with E-state index in [9.17, 15) is 19.2 Å². The summed E-state index contributed by atoms with van der Waals surface area (Å²) in [6.45, 7) is 6.60. The number of methoxy groups -OCH3 is 2. The summed E-state index contributed by atoms with van der Waals surface area (Å²) in [5, 5.41) is 2.41. The Morgan fingerprint density at radius 2 is 1.63 bits per heavy atom. The number of amides is 2. The molecular weight excluding hydrogens is 392 g/mol. The molecule has 0 saturated heterocycles. The number of hydrogen-bond acceptors (Lipinski definition) is 7. The summed E-state index contributed by atoms with van der Waals surface area (Å²) in [7, 11) is 2.39. The van der Waals surface area contributed by atoms with Crippen LogP contribution in [-0.2, 0) is 35.1 Å². The van der Waals surface area contributed by atoms with Crippen molar-refractivity contribution in [3.05, 3.63) is 35.9 Å². The van der Waals surface area contributed by atoms with Gasteiger partial charge in [-0.1, -0.05) is 30.3 Å². The highest BCUT2D eigenvalue weighted by atomic mass is 16.6. The van der Waals surface area contributed by atoms with Gasteiger partial charge in [-0.05, 0) is 33.3 Å². The molecule has 0 aliphatic rings. The van der Waals surface area contributed by atoms with Crippen molar-refractivity contribution in [2.75, 3.05) is 14.2 Å². The van der Waals surface area contributed by atoms with Gasteiger partial charge in [0.2, 0.25) is 5.91 Å². The van der Waals surface area contributed by atoms with E-state index in [1.165, 1.54) is 26.0 Å². The average molecular weight is 422 g/mol. The number of nitrogens with zero attached hydrogens (tertiary/aromatic N) is 1. The van der Waals surface area contributed by atoms with Crippen molar-refractivity contribution < 1.29 is 33.4 Å². The van der Waals surface area contributed by atoms with Gasteiger partial charge in [-0.25, -0.2) is 9.59 Å². The molecule has 2 atom stereocenters. The molecule has 1 rings (SSSR count). The van der Waals surface area contributed by atoms with Crippen LogP contribution in [0.4, 0.5) is 4.79 Å². The van der Waals surface area contributed by atoms with E-state index in [4.69, 9.17) is 9.47 Å². The van der Waals surface area contributed by atoms with Crippen LogP contribution in [0.3, 0.4) is 0 Å². The van der Waals surface area contributed by atoms with Gasteiger partial charge in [0.25, 0.3) is 0 Å². The minimum Gasteiger partial charge on any atom is -0.469 e. The highest BCUT2D eigenvalue weighted by molar-refractivity contribution is 5.92. The van der Waals surface area contributed by atoms with Gasteiger partial charge in [0.05, 0.1) is 20.6 Å². The lowest BCUT2D eigenvalue weighted by molar-refractivity contribution is -0.154. The second-order valence-electron chi connectivity index (χ2n) is 7.63. The topological polar surface area (TPSA) is 111 Å². The average Bonchev–Trinajstić information content (AvgIpc) is 2.69. The van der Waals surface area contributed by atoms with Crippen LogP contribution in [-0.4, -0.2) is 60.7 Å². The molecule has 166 valence electrons. The van der Waals surface area contributed by atoms with Crippen LogP contribution in [0.25, 0.3) is 0 Å². The summed E-state index contributed by atoms with van der Waals surface area (Å²) in [6.07, 6.45) is -1.29. The van der Waals surface area contributed by atoms with Crippen molar-refractivity contribution in [1.82, 2.24) is 10.2 Å². The molecule has 0 fully saturated rings. The third-order valence-corrected chi connectivity index (χ3v) is 4.08. The Bertz CT molecular complexity index is 743. The molecule has 0 radical (unpaired) electrons. The number of benzene rings is 1. The lowest BCUT2D eigenvalue weighted by Crippen LogP contribution is -2.54. The maximum atomic E-state index is 13.3. The van der Waals surface area contributed by atoms with Crippen LogP contribution in [0.1, 0.15) is 39.7 Å². The van der Waals surface area contributed by atoms with E-state index < -0.39 is 48.0 Å². The maximum absolute atomic E-state index is 13.3. The highest BCUT2D eigenvalue weighted by Crippen LogP contribution is 2.14. The predicted octanol–water partition coefficient (Wildman–Crippen LogP) is 2.03. The third-order valence-electron chi connectivity index (χ3n) is 4.08. The third kappa shape index (κ3) is 8.10. The minimum absolute atomic E-state index is 0.0730. The molecule has 9 nitrogen and oxygen atoms in total. The fraction of sp³-hybridized carbons (Fsp3) is 0.524. The molecule has 0 bridgehead atoms. The minimum atomic E-state index is -1.29. The number of esters is 2. The highest BCUT2D eigenvalue weighted by Gasteiger charge is 2.35. The van der Waals surface area contributed by atoms with Crippen molar-refractivity contribution in [3.8, 4) is 0 Å². The maximum Gasteiger partial charge on any atom is 0.408 e. The second-order valence-corrected chi connectivity index (χ2v) is 7.63. The van der Waals surface area contributed by atoms with Crippen molar-refractivity contribution in [3.63, 3.8) is 0 Å². The van der Waals surface area contributed by atoms with E-state index in [1.54, 1.807) is 45.0 Å². The number of ether oxygens (including phenoxy) is 3. The molecule has 1 aromatic rings. The first kappa shape index (κ1) is 24.9. The van der Waals surface area contributed by atoms with Gasteiger partial charge >= 0.3 is 18.0 Å². The summed E-state index contributed by atoms with van der Waals surface area (Å²) in [4.78, 5) is 50.8. The molecule has 0 aliphatic heterocycles. The standard InChI is InChI=1S/C21H30N2O7/c1-14(19(26)29-6)23(13-15-10-8-7-9-11-15)18(25)16(12-17(24)28-5)22-20(27)30-21(2,3)4/h7-11,14,16H,12-13H2,1-6H3,(H,22,27). The molecule has 2 unspecified atom stereocenters. The fourth-order valence-corrected chi connectivity index (χ4v) is 2.58. The summed E-state index contributed by atoms with van der Waals surface area (Å²) in [6, 6.07) is 6.76. The Morgan fingerprint density at radius 1 is 1.03 bits per heavy atom. The molecule has 1 N–H and O–H groups in total. The van der Waals surface area contributed by atoms with E-state index in [-0.39, 0.29) is 6.54 Å². The molecule has 2 amide bonds. The normalized spacial score (nSPS) is 12.9. The Labute approximate surface area is 176 Å². The Balaban J connectivity index is 3.19. The molecule has 9 heteroatoms. The zero-order valence-electron chi connectivity index (χ0n) is 18.3. The SMILES string of the molecule is COC(=O)CC(NC(=O)OC(C)(C)C)C(=O)N(Cc1ccccc1)C(C)C(=O)OC. The van der Waals surface area contributed by atoms with Gasteiger partial charge in [-0.15, -0.1) is 0 Å². The van der Waals surface area contributed by atoms with Crippen LogP contribution in [0.2, 0.25) is 0 Å². The first-order chi connectivity index (χ1) is 14.0. The first-order valence-corrected chi connectivity index (χ1v) is 9.47. The second kappa shape index (κ2) is 11.2. The van der Waals surface area contributed by atoms with E-state index in [0.29, 0.717) is 0 Å². The predicted molar refractivity (Wildman–Crippen MR) is 108 cm³/mol. The molecular formula is C21H30N2O7. The zero-order chi connectivity index (χ0) is 22.9. The number of nitrogens with one attached hydrogen (secondary N) is 1. The number of hydrogen-bond donors (Lipinski definition) is 1. The van der Waals surface area contributed by atoms with Gasteiger partial charge in [0.1, 0.15) is 17.7 Å². The lowest BCUT2D eigenvalue weighted by atomic mass is 10.1. The van der Waals surface area contributed by atoms with Crippen molar-refractivity contribution in [2.24, 2.45) is 0 Å². The summed E-state index contributed by atoms with van der Waals surface area (Å²) in [5.74, 6) is -1.98. The van der Waals surface area contributed by atoms with Crippen LogP contribution in [0, 0.1) is 0 Å². The number of alkyl carbamates (subject to hydrolysis) is 1. The first-order valence-electron chi connectivity index (χ1n) is 9.47. The van der Waals surface area contributed by atoms with E-state index >= 15 is 0 Å². The summed E-state index contributed by atoms with van der Waals surface area (Å²) < 4.78 is 14.6. The van der Waals surface area contributed by atoms with Crippen LogP contribution in [0.5, 0.6) is 0 Å². The molecule has 0 spiro atoms. The molecule has 0 aliphatic carbocycles. The van der Waals surface area contributed by atoms with Crippen LogP contribution < -0.4 is 5.32 Å². The Morgan fingerprint density at radius 3 is 2.13 bits per heavy atom. The zero-order valence-corrected chi connectivity index (χ0v) is 18.3. The molecule has 0 saturated carbocycles. The quantitative estimate of drug-likeness (QED) is 0.504. The number of rotatable bonds is 8. The van der Waals surface area contributed by atoms with Gasteiger partial charge in [-0.3, -0.25) is 9.59 Å². The fourth-order valence-electron chi connectivity index (χ4n) is 2.58. The Kier molecular flexibility index (Phi) is 9.29. The molecule has 0 aromatic heterocycles. The van der Waals surface area contributed by atoms with Gasteiger partial charge in [0, 0.05) is 6.54 Å². The van der Waals surface area contributed by atoms with E-state index in [2.05, 4.69) is 10.1 Å². The van der Waals surface area contributed by atoms with Crippen LogP contribution >= 0.6 is 0 Å². The lowest BCUT2D eigenvalue weighted by Gasteiger charge is -2.31. The van der Waals surface area contributed by atoms with Crippen molar-refractivity contribution >= 4 is 23.9 Å². The molecule has 1 aromatic carbocycles. The molecule has 0 heterocycles. The van der Waals surface area contributed by atoms with Gasteiger partial charge < -0.3 is 24.4 Å². The number of carbonyl (C=O) groups is 4. The molecule has 30 heavy (non-hydrogen) atoms. The van der Waals surface area contributed by atoms with Crippen molar-refractivity contribution in [1.29, 1.82) is 0 Å². The smallest absolute Gasteiger partial charge is 0.408 e.